The molecule has 0 saturated carbocycles. The van der Waals surface area contributed by atoms with Crippen LogP contribution >= 0.6 is 15.9 Å². The van der Waals surface area contributed by atoms with Crippen molar-refractivity contribution in [3.05, 3.63) is 69.8 Å². The molecule has 0 amide bonds. The van der Waals surface area contributed by atoms with Gasteiger partial charge in [-0.15, -0.1) is 0 Å². The zero-order valence-electron chi connectivity index (χ0n) is 11.2. The number of rotatable bonds is 2. The number of alkyl halides is 1. The Hall–Kier alpha value is -1.22. The van der Waals surface area contributed by atoms with E-state index >= 15 is 0 Å². The fourth-order valence-electron chi connectivity index (χ4n) is 2.78. The van der Waals surface area contributed by atoms with Crippen molar-refractivity contribution in [3.63, 3.8) is 0 Å². The molecule has 1 aliphatic rings. The molecule has 2 aromatic carbocycles. The van der Waals surface area contributed by atoms with Gasteiger partial charge in [0.05, 0.1) is 4.83 Å². The predicted molar refractivity (Wildman–Crippen MR) is 80.3 cm³/mol. The third-order valence-electron chi connectivity index (χ3n) is 3.97. The average molecular weight is 337 g/mol. The summed E-state index contributed by atoms with van der Waals surface area (Å²) in [6.07, 6.45) is 3.38. The smallest absolute Gasteiger partial charge is 0.128 e. The molecule has 0 heterocycles. The second-order valence-corrected chi connectivity index (χ2v) is 6.28. The first-order valence-electron chi connectivity index (χ1n) is 6.77. The second-order valence-electron chi connectivity index (χ2n) is 5.37. The third kappa shape index (κ3) is 2.39. The van der Waals surface area contributed by atoms with Crippen molar-refractivity contribution in [2.24, 2.45) is 0 Å². The van der Waals surface area contributed by atoms with Gasteiger partial charge in [0.25, 0.3) is 0 Å². The summed E-state index contributed by atoms with van der Waals surface area (Å²) in [5, 5.41) is 0. The van der Waals surface area contributed by atoms with Gasteiger partial charge in [0.1, 0.15) is 11.6 Å². The molecule has 2 aromatic rings. The molecule has 0 spiro atoms. The molecule has 0 aromatic heterocycles. The first kappa shape index (κ1) is 13.7. The zero-order valence-corrected chi connectivity index (χ0v) is 12.8. The Bertz CT molecular complexity index is 664. The Labute approximate surface area is 126 Å². The number of aryl methyl sites for hydroxylation is 3. The Morgan fingerprint density at radius 2 is 1.75 bits per heavy atom. The van der Waals surface area contributed by atoms with E-state index in [1.54, 1.807) is 6.92 Å². The van der Waals surface area contributed by atoms with Gasteiger partial charge in [0.2, 0.25) is 0 Å². The lowest BCUT2D eigenvalue weighted by molar-refractivity contribution is 0.581. The minimum atomic E-state index is -0.369. The molecule has 3 rings (SSSR count). The van der Waals surface area contributed by atoms with E-state index in [2.05, 4.69) is 28.1 Å². The van der Waals surface area contributed by atoms with Gasteiger partial charge in [-0.25, -0.2) is 8.78 Å². The van der Waals surface area contributed by atoms with Gasteiger partial charge >= 0.3 is 0 Å². The summed E-state index contributed by atoms with van der Waals surface area (Å²) in [4.78, 5) is -0.316. The minimum Gasteiger partial charge on any atom is -0.207 e. The van der Waals surface area contributed by atoms with E-state index in [1.807, 2.05) is 6.07 Å². The van der Waals surface area contributed by atoms with Crippen LogP contribution < -0.4 is 0 Å². The maximum atomic E-state index is 14.0. The summed E-state index contributed by atoms with van der Waals surface area (Å²) in [5.41, 5.74) is 4.38. The molecule has 0 bridgehead atoms. The van der Waals surface area contributed by atoms with Crippen molar-refractivity contribution in [3.8, 4) is 0 Å². The van der Waals surface area contributed by atoms with Gasteiger partial charge < -0.3 is 0 Å². The summed E-state index contributed by atoms with van der Waals surface area (Å²) in [6.45, 7) is 1.57. The molecule has 1 unspecified atom stereocenters. The molecule has 0 aliphatic heterocycles. The molecule has 0 nitrogen and oxygen atoms in total. The number of benzene rings is 2. The molecule has 1 aliphatic carbocycles. The number of hydrogen-bond acceptors (Lipinski definition) is 0. The summed E-state index contributed by atoms with van der Waals surface area (Å²) in [7, 11) is 0. The Morgan fingerprint density at radius 3 is 2.55 bits per heavy atom. The van der Waals surface area contributed by atoms with Crippen molar-refractivity contribution in [1.82, 2.24) is 0 Å². The minimum absolute atomic E-state index is 0.316. The fraction of sp³-hybridized carbons (Fsp3) is 0.294. The van der Waals surface area contributed by atoms with Crippen LogP contribution in [0.5, 0.6) is 0 Å². The van der Waals surface area contributed by atoms with Crippen LogP contribution in [0.15, 0.2) is 30.3 Å². The summed E-state index contributed by atoms with van der Waals surface area (Å²) in [5.74, 6) is -0.738. The highest BCUT2D eigenvalue weighted by Gasteiger charge is 2.19. The molecule has 0 fully saturated rings. The molecule has 0 radical (unpaired) electrons. The first-order valence-corrected chi connectivity index (χ1v) is 7.69. The van der Waals surface area contributed by atoms with Crippen molar-refractivity contribution >= 4 is 15.9 Å². The van der Waals surface area contributed by atoms with E-state index in [-0.39, 0.29) is 16.5 Å². The standard InChI is InChI=1S/C17H15BrF2/c1-10-7-16(20)14(9-15(10)19)17(18)13-6-5-11-3-2-4-12(11)8-13/h5-9,17H,2-4H2,1H3. The van der Waals surface area contributed by atoms with E-state index in [1.165, 1.54) is 29.7 Å². The Balaban J connectivity index is 2.00. The van der Waals surface area contributed by atoms with Gasteiger partial charge in [0, 0.05) is 5.56 Å². The molecule has 20 heavy (non-hydrogen) atoms. The summed E-state index contributed by atoms with van der Waals surface area (Å²) in [6, 6.07) is 8.76. The van der Waals surface area contributed by atoms with E-state index in [0.29, 0.717) is 11.1 Å². The van der Waals surface area contributed by atoms with E-state index in [9.17, 15) is 8.78 Å². The van der Waals surface area contributed by atoms with E-state index < -0.39 is 0 Å². The van der Waals surface area contributed by atoms with Crippen molar-refractivity contribution in [1.29, 1.82) is 0 Å². The second kappa shape index (κ2) is 5.28. The van der Waals surface area contributed by atoms with Gasteiger partial charge in [-0.2, -0.15) is 0 Å². The maximum absolute atomic E-state index is 14.0. The van der Waals surface area contributed by atoms with Gasteiger partial charge in [-0.3, -0.25) is 0 Å². The van der Waals surface area contributed by atoms with Crippen molar-refractivity contribution < 1.29 is 8.78 Å². The quantitative estimate of drug-likeness (QED) is 0.657. The largest absolute Gasteiger partial charge is 0.207 e. The van der Waals surface area contributed by atoms with Crippen LogP contribution in [0.4, 0.5) is 8.78 Å². The normalized spacial score (nSPS) is 15.2. The van der Waals surface area contributed by atoms with Crippen LogP contribution in [-0.2, 0) is 12.8 Å². The molecule has 1 atom stereocenters. The molecular formula is C17H15BrF2. The van der Waals surface area contributed by atoms with Crippen LogP contribution in [0.3, 0.4) is 0 Å². The number of halogens is 3. The Kier molecular flexibility index (Phi) is 3.63. The van der Waals surface area contributed by atoms with Gasteiger partial charge in [-0.1, -0.05) is 34.1 Å². The molecular weight excluding hydrogens is 322 g/mol. The first-order chi connectivity index (χ1) is 9.56. The Morgan fingerprint density at radius 1 is 1.00 bits per heavy atom. The topological polar surface area (TPSA) is 0 Å². The lowest BCUT2D eigenvalue weighted by Gasteiger charge is -2.14. The molecule has 3 heteroatoms. The van der Waals surface area contributed by atoms with Crippen LogP contribution in [0.2, 0.25) is 0 Å². The lowest BCUT2D eigenvalue weighted by Crippen LogP contribution is -2.00. The third-order valence-corrected chi connectivity index (χ3v) is 4.99. The van der Waals surface area contributed by atoms with E-state index in [0.717, 1.165) is 18.4 Å². The number of hydrogen-bond donors (Lipinski definition) is 0. The summed E-state index contributed by atoms with van der Waals surface area (Å²) >= 11 is 3.51. The highest BCUT2D eigenvalue weighted by Crippen LogP contribution is 2.35. The summed E-state index contributed by atoms with van der Waals surface area (Å²) < 4.78 is 27.7. The zero-order chi connectivity index (χ0) is 14.3. The fourth-order valence-corrected chi connectivity index (χ4v) is 3.42. The van der Waals surface area contributed by atoms with Gasteiger partial charge in [0.15, 0.2) is 0 Å². The van der Waals surface area contributed by atoms with Crippen LogP contribution in [0.25, 0.3) is 0 Å². The lowest BCUT2D eigenvalue weighted by atomic mass is 9.99. The molecule has 0 saturated heterocycles. The molecule has 104 valence electrons. The molecule has 0 N–H and O–H groups in total. The van der Waals surface area contributed by atoms with Crippen LogP contribution in [0, 0.1) is 18.6 Å². The number of fused-ring (bicyclic) bond motifs is 1. The monoisotopic (exact) mass is 336 g/mol. The van der Waals surface area contributed by atoms with E-state index in [4.69, 9.17) is 0 Å². The van der Waals surface area contributed by atoms with Gasteiger partial charge in [-0.05, 0) is 60.6 Å². The predicted octanol–water partition coefficient (Wildman–Crippen LogP) is 5.25. The van der Waals surface area contributed by atoms with Crippen molar-refractivity contribution in [2.45, 2.75) is 31.0 Å². The van der Waals surface area contributed by atoms with Crippen LogP contribution in [-0.4, -0.2) is 0 Å². The highest BCUT2D eigenvalue weighted by atomic mass is 79.9. The maximum Gasteiger partial charge on any atom is 0.128 e. The highest BCUT2D eigenvalue weighted by molar-refractivity contribution is 9.09. The van der Waals surface area contributed by atoms with Crippen LogP contribution in [0.1, 0.15) is 39.1 Å². The van der Waals surface area contributed by atoms with Crippen molar-refractivity contribution in [2.75, 3.05) is 0 Å². The average Bonchev–Trinajstić information content (AvgIpc) is 2.89. The SMILES string of the molecule is Cc1cc(F)c(C(Br)c2ccc3c(c2)CCC3)cc1F.